The van der Waals surface area contributed by atoms with Gasteiger partial charge in [0.15, 0.2) is 0 Å². The summed E-state index contributed by atoms with van der Waals surface area (Å²) in [6.45, 7) is 2.17. The molecule has 1 heterocycles. The molecule has 2 heteroatoms. The van der Waals surface area contributed by atoms with Crippen LogP contribution in [0.3, 0.4) is 0 Å². The van der Waals surface area contributed by atoms with E-state index in [9.17, 15) is 5.11 Å². The summed E-state index contributed by atoms with van der Waals surface area (Å²) in [5, 5.41) is 12.5. The van der Waals surface area contributed by atoms with Crippen molar-refractivity contribution in [1.29, 1.82) is 0 Å². The maximum absolute atomic E-state index is 12.5. The van der Waals surface area contributed by atoms with Crippen LogP contribution in [0.2, 0.25) is 0 Å². The molecule has 0 amide bonds. The average Bonchev–Trinajstić information content (AvgIpc) is 2.76. The minimum atomic E-state index is -0.833. The van der Waals surface area contributed by atoms with Gasteiger partial charge >= 0.3 is 0 Å². The highest BCUT2D eigenvalue weighted by molar-refractivity contribution is 5.32. The lowest BCUT2D eigenvalue weighted by atomic mass is 9.67. The molecule has 1 N–H and O–H groups in total. The summed E-state index contributed by atoms with van der Waals surface area (Å²) in [5.74, 6) is 0.320. The fraction of sp³-hybridized carbons (Fsp3) is 0.520. The Hall–Kier alpha value is -1.64. The molecule has 2 atom stereocenters. The number of nitrogens with zero attached hydrogens (tertiary/aromatic N) is 1. The van der Waals surface area contributed by atoms with Crippen LogP contribution in [-0.4, -0.2) is 23.1 Å². The molecule has 2 aliphatic rings. The SMILES string of the molecule is OC(c1ccccc1)(C1CCCCC1)C(c1ccccc1)N1CCCCC1. The Labute approximate surface area is 164 Å². The first-order valence-corrected chi connectivity index (χ1v) is 10.9. The predicted octanol–water partition coefficient (Wildman–Crippen LogP) is 5.68. The zero-order chi connectivity index (χ0) is 18.5. The largest absolute Gasteiger partial charge is 0.383 e. The van der Waals surface area contributed by atoms with Crippen LogP contribution >= 0.6 is 0 Å². The number of hydrogen-bond donors (Lipinski definition) is 1. The molecule has 0 aromatic heterocycles. The van der Waals surface area contributed by atoms with E-state index in [4.69, 9.17) is 0 Å². The molecule has 27 heavy (non-hydrogen) atoms. The van der Waals surface area contributed by atoms with Crippen LogP contribution in [0.25, 0.3) is 0 Å². The molecular formula is C25H33NO. The first-order chi connectivity index (χ1) is 13.3. The summed E-state index contributed by atoms with van der Waals surface area (Å²) in [7, 11) is 0. The van der Waals surface area contributed by atoms with E-state index in [-0.39, 0.29) is 6.04 Å². The van der Waals surface area contributed by atoms with Crippen molar-refractivity contribution in [2.24, 2.45) is 5.92 Å². The van der Waals surface area contributed by atoms with E-state index in [1.165, 1.54) is 44.1 Å². The molecule has 2 nitrogen and oxygen atoms in total. The number of rotatable bonds is 5. The molecule has 1 aliphatic carbocycles. The van der Waals surface area contributed by atoms with Crippen molar-refractivity contribution in [3.63, 3.8) is 0 Å². The first-order valence-electron chi connectivity index (χ1n) is 10.9. The Kier molecular flexibility index (Phi) is 5.95. The third-order valence-electron chi connectivity index (χ3n) is 6.75. The van der Waals surface area contributed by atoms with E-state index < -0.39 is 5.60 Å². The zero-order valence-corrected chi connectivity index (χ0v) is 16.4. The molecule has 2 aromatic rings. The maximum Gasteiger partial charge on any atom is 0.112 e. The van der Waals surface area contributed by atoms with Gasteiger partial charge < -0.3 is 5.11 Å². The van der Waals surface area contributed by atoms with Crippen molar-refractivity contribution in [2.75, 3.05) is 13.1 Å². The Bertz CT molecular complexity index is 689. The van der Waals surface area contributed by atoms with Gasteiger partial charge in [0.05, 0.1) is 6.04 Å². The van der Waals surface area contributed by atoms with Crippen LogP contribution in [-0.2, 0) is 5.60 Å². The van der Waals surface area contributed by atoms with Crippen molar-refractivity contribution in [1.82, 2.24) is 4.90 Å². The average molecular weight is 364 g/mol. The molecule has 2 aromatic carbocycles. The number of hydrogen-bond acceptors (Lipinski definition) is 2. The van der Waals surface area contributed by atoms with E-state index in [1.807, 2.05) is 0 Å². The second-order valence-electron chi connectivity index (χ2n) is 8.44. The van der Waals surface area contributed by atoms with Gasteiger partial charge in [-0.15, -0.1) is 0 Å². The van der Waals surface area contributed by atoms with Crippen molar-refractivity contribution in [3.8, 4) is 0 Å². The highest BCUT2D eigenvalue weighted by Gasteiger charge is 2.48. The van der Waals surface area contributed by atoms with Crippen LogP contribution in [0, 0.1) is 5.92 Å². The lowest BCUT2D eigenvalue weighted by Crippen LogP contribution is -2.50. The third-order valence-corrected chi connectivity index (χ3v) is 6.75. The fourth-order valence-electron chi connectivity index (χ4n) is 5.42. The van der Waals surface area contributed by atoms with Crippen molar-refractivity contribution in [2.45, 2.75) is 63.0 Å². The zero-order valence-electron chi connectivity index (χ0n) is 16.4. The van der Waals surface area contributed by atoms with Gasteiger partial charge in [-0.25, -0.2) is 0 Å². The Morgan fingerprint density at radius 3 is 1.93 bits per heavy atom. The highest BCUT2D eigenvalue weighted by Crippen LogP contribution is 2.50. The van der Waals surface area contributed by atoms with Gasteiger partial charge in [0, 0.05) is 0 Å². The molecule has 0 spiro atoms. The van der Waals surface area contributed by atoms with Gasteiger partial charge in [0.25, 0.3) is 0 Å². The summed E-state index contributed by atoms with van der Waals surface area (Å²) in [6, 6.07) is 21.3. The standard InChI is InChI=1S/C25H33NO/c27-25(22-15-7-2-8-16-22,23-17-9-3-10-18-23)24(21-13-5-1-6-14-21)26-19-11-4-12-20-26/h1-2,5-8,13-16,23-24,27H,3-4,9-12,17-20H2. The monoisotopic (exact) mass is 363 g/mol. The van der Waals surface area contributed by atoms with E-state index in [0.29, 0.717) is 5.92 Å². The van der Waals surface area contributed by atoms with Crippen LogP contribution in [0.5, 0.6) is 0 Å². The van der Waals surface area contributed by atoms with Gasteiger partial charge in [-0.05, 0) is 55.8 Å². The van der Waals surface area contributed by atoms with Crippen LogP contribution in [0.1, 0.15) is 68.5 Å². The normalized spacial score (nSPS) is 22.9. The Balaban J connectivity index is 1.82. The van der Waals surface area contributed by atoms with Crippen molar-refractivity contribution >= 4 is 0 Å². The van der Waals surface area contributed by atoms with Gasteiger partial charge in [-0.2, -0.15) is 0 Å². The number of piperidine rings is 1. The van der Waals surface area contributed by atoms with Crippen LogP contribution < -0.4 is 0 Å². The predicted molar refractivity (Wildman–Crippen MR) is 112 cm³/mol. The molecule has 1 saturated carbocycles. The lowest BCUT2D eigenvalue weighted by molar-refractivity contribution is -0.112. The highest BCUT2D eigenvalue weighted by atomic mass is 16.3. The van der Waals surface area contributed by atoms with E-state index in [1.54, 1.807) is 0 Å². The van der Waals surface area contributed by atoms with E-state index in [2.05, 4.69) is 65.6 Å². The minimum Gasteiger partial charge on any atom is -0.383 e. The Morgan fingerprint density at radius 1 is 0.741 bits per heavy atom. The molecule has 1 aliphatic heterocycles. The van der Waals surface area contributed by atoms with Crippen molar-refractivity contribution < 1.29 is 5.11 Å². The van der Waals surface area contributed by atoms with Gasteiger partial charge in [0.1, 0.15) is 5.60 Å². The molecule has 144 valence electrons. The van der Waals surface area contributed by atoms with E-state index in [0.717, 1.165) is 31.5 Å². The third kappa shape index (κ3) is 3.83. The Morgan fingerprint density at radius 2 is 1.30 bits per heavy atom. The molecular weight excluding hydrogens is 330 g/mol. The maximum atomic E-state index is 12.5. The molecule has 2 fully saturated rings. The molecule has 0 bridgehead atoms. The number of likely N-dealkylation sites (tertiary alicyclic amines) is 1. The van der Waals surface area contributed by atoms with Crippen molar-refractivity contribution in [3.05, 3.63) is 71.8 Å². The molecule has 0 radical (unpaired) electrons. The smallest absolute Gasteiger partial charge is 0.112 e. The summed E-state index contributed by atoms with van der Waals surface area (Å²) in [4.78, 5) is 2.57. The summed E-state index contributed by atoms with van der Waals surface area (Å²) >= 11 is 0. The summed E-state index contributed by atoms with van der Waals surface area (Å²) < 4.78 is 0. The van der Waals surface area contributed by atoms with Crippen LogP contribution in [0.15, 0.2) is 60.7 Å². The van der Waals surface area contributed by atoms with Gasteiger partial charge in [0.2, 0.25) is 0 Å². The number of benzene rings is 2. The minimum absolute atomic E-state index is 0.0319. The van der Waals surface area contributed by atoms with Gasteiger partial charge in [-0.1, -0.05) is 86.3 Å². The van der Waals surface area contributed by atoms with E-state index >= 15 is 0 Å². The molecule has 4 rings (SSSR count). The fourth-order valence-corrected chi connectivity index (χ4v) is 5.42. The second kappa shape index (κ2) is 8.58. The topological polar surface area (TPSA) is 23.5 Å². The molecule has 1 saturated heterocycles. The molecule has 2 unspecified atom stereocenters. The van der Waals surface area contributed by atoms with Crippen LogP contribution in [0.4, 0.5) is 0 Å². The summed E-state index contributed by atoms with van der Waals surface area (Å²) in [5.41, 5.74) is 1.52. The first kappa shape index (κ1) is 18.7. The quantitative estimate of drug-likeness (QED) is 0.738. The van der Waals surface area contributed by atoms with Gasteiger partial charge in [-0.3, -0.25) is 4.90 Å². The second-order valence-corrected chi connectivity index (χ2v) is 8.44. The lowest BCUT2D eigenvalue weighted by Gasteiger charge is -2.49. The summed E-state index contributed by atoms with van der Waals surface area (Å²) in [6.07, 6.45) is 9.82. The number of aliphatic hydroxyl groups is 1.